The average molecular weight is 622 g/mol. The molecule has 0 bridgehead atoms. The van der Waals surface area contributed by atoms with Crippen molar-refractivity contribution in [3.63, 3.8) is 0 Å². The highest BCUT2D eigenvalue weighted by atomic mass is 79.9. The summed E-state index contributed by atoms with van der Waals surface area (Å²) >= 11 is 16.1. The highest BCUT2D eigenvalue weighted by molar-refractivity contribution is 9.10. The van der Waals surface area contributed by atoms with E-state index in [1.165, 1.54) is 11.8 Å². The topological polar surface area (TPSA) is 108 Å². The monoisotopic (exact) mass is 620 g/mol. The van der Waals surface area contributed by atoms with Gasteiger partial charge in [-0.1, -0.05) is 34.5 Å². The van der Waals surface area contributed by atoms with Gasteiger partial charge in [-0.15, -0.1) is 5.10 Å². The van der Waals surface area contributed by atoms with Gasteiger partial charge in [0.1, 0.15) is 11.5 Å². The van der Waals surface area contributed by atoms with Gasteiger partial charge in [0.15, 0.2) is 11.3 Å². The number of piperidine rings is 1. The van der Waals surface area contributed by atoms with E-state index in [1.807, 2.05) is 13.1 Å². The van der Waals surface area contributed by atoms with E-state index in [9.17, 15) is 9.59 Å². The van der Waals surface area contributed by atoms with Crippen molar-refractivity contribution in [2.24, 2.45) is 0 Å². The Hall–Kier alpha value is -3.15. The number of aryl methyl sites for hydroxylation is 1. The van der Waals surface area contributed by atoms with Crippen LogP contribution in [0.3, 0.4) is 0 Å². The fraction of sp³-hybridized carbons (Fsp3) is 0.320. The van der Waals surface area contributed by atoms with Gasteiger partial charge in [0.25, 0.3) is 5.91 Å². The molecule has 0 aliphatic carbocycles. The summed E-state index contributed by atoms with van der Waals surface area (Å²) in [4.78, 5) is 28.0. The standard InChI is InChI=1S/C25H23BrCl2N6O4/c1-15-16(12-33-13-17(26)11-29-33)10-21(38-15)23(35)32-8-6-25(7-9-32,24(36)37-2)34-14-20(30-31-34)22-18(27)4-3-5-19(22)28/h3-5,10-11,13-14H,6-9,12H2,1-2H3. The smallest absolute Gasteiger partial charge is 0.334 e. The van der Waals surface area contributed by atoms with Crippen LogP contribution in [0.25, 0.3) is 11.3 Å². The molecule has 0 radical (unpaired) electrons. The Morgan fingerprint density at radius 3 is 2.53 bits per heavy atom. The lowest BCUT2D eigenvalue weighted by atomic mass is 9.87. The summed E-state index contributed by atoms with van der Waals surface area (Å²) in [5.74, 6) is 0.175. The van der Waals surface area contributed by atoms with Crippen molar-refractivity contribution in [2.45, 2.75) is 31.8 Å². The molecule has 0 saturated carbocycles. The first-order chi connectivity index (χ1) is 18.2. The average Bonchev–Trinajstić information content (AvgIpc) is 3.64. The summed E-state index contributed by atoms with van der Waals surface area (Å²) < 4.78 is 15.1. The van der Waals surface area contributed by atoms with Gasteiger partial charge in [0.05, 0.1) is 40.6 Å². The van der Waals surface area contributed by atoms with Gasteiger partial charge in [-0.2, -0.15) is 5.10 Å². The maximum Gasteiger partial charge on any atom is 0.334 e. The van der Waals surface area contributed by atoms with Gasteiger partial charge in [-0.05, 0) is 41.1 Å². The van der Waals surface area contributed by atoms with Crippen LogP contribution >= 0.6 is 39.1 Å². The van der Waals surface area contributed by atoms with Crippen molar-refractivity contribution in [1.29, 1.82) is 0 Å². The molecule has 1 amide bonds. The van der Waals surface area contributed by atoms with Crippen LogP contribution < -0.4 is 0 Å². The number of furan rings is 1. The lowest BCUT2D eigenvalue weighted by Gasteiger charge is -2.39. The second-order valence-electron chi connectivity index (χ2n) is 9.01. The zero-order valence-electron chi connectivity index (χ0n) is 20.5. The highest BCUT2D eigenvalue weighted by Crippen LogP contribution is 2.36. The second kappa shape index (κ2) is 10.5. The molecule has 38 heavy (non-hydrogen) atoms. The molecule has 13 heteroatoms. The van der Waals surface area contributed by atoms with Crippen molar-refractivity contribution in [2.75, 3.05) is 20.2 Å². The van der Waals surface area contributed by atoms with Gasteiger partial charge in [-0.25, -0.2) is 9.48 Å². The Morgan fingerprint density at radius 2 is 1.89 bits per heavy atom. The summed E-state index contributed by atoms with van der Waals surface area (Å²) in [6.07, 6.45) is 5.73. The molecule has 0 N–H and O–H groups in total. The first kappa shape index (κ1) is 26.5. The van der Waals surface area contributed by atoms with Crippen LogP contribution in [-0.2, 0) is 21.6 Å². The minimum Gasteiger partial charge on any atom is -0.467 e. The number of amides is 1. The Morgan fingerprint density at radius 1 is 1.18 bits per heavy atom. The first-order valence-corrected chi connectivity index (χ1v) is 13.3. The zero-order chi connectivity index (χ0) is 27.0. The Kier molecular flexibility index (Phi) is 7.34. The molecule has 10 nitrogen and oxygen atoms in total. The largest absolute Gasteiger partial charge is 0.467 e. The van der Waals surface area contributed by atoms with Crippen LogP contribution in [0.4, 0.5) is 0 Å². The Bertz CT molecular complexity index is 1480. The van der Waals surface area contributed by atoms with Crippen molar-refractivity contribution in [3.8, 4) is 11.3 Å². The Balaban J connectivity index is 1.35. The minimum absolute atomic E-state index is 0.241. The van der Waals surface area contributed by atoms with Crippen LogP contribution in [0.5, 0.6) is 0 Å². The first-order valence-electron chi connectivity index (χ1n) is 11.7. The van der Waals surface area contributed by atoms with Crippen LogP contribution in [-0.4, -0.2) is 61.8 Å². The third-order valence-electron chi connectivity index (χ3n) is 6.76. The normalized spacial score (nSPS) is 15.0. The molecule has 4 aromatic rings. The molecule has 4 heterocycles. The van der Waals surface area contributed by atoms with Crippen molar-refractivity contribution in [3.05, 3.63) is 74.5 Å². The van der Waals surface area contributed by atoms with Gasteiger partial charge in [-0.3, -0.25) is 9.48 Å². The van der Waals surface area contributed by atoms with E-state index in [-0.39, 0.29) is 37.6 Å². The maximum absolute atomic E-state index is 13.3. The van der Waals surface area contributed by atoms with Crippen molar-refractivity contribution < 1.29 is 18.7 Å². The molecule has 1 aliphatic rings. The predicted molar refractivity (Wildman–Crippen MR) is 143 cm³/mol. The number of hydrogen-bond acceptors (Lipinski definition) is 7. The van der Waals surface area contributed by atoms with Crippen LogP contribution in [0.2, 0.25) is 10.0 Å². The molecule has 0 spiro atoms. The molecule has 0 atom stereocenters. The maximum atomic E-state index is 13.3. The fourth-order valence-corrected chi connectivity index (χ4v) is 5.58. The second-order valence-corrected chi connectivity index (χ2v) is 10.7. The van der Waals surface area contributed by atoms with Crippen LogP contribution in [0, 0.1) is 6.92 Å². The molecule has 1 aliphatic heterocycles. The lowest BCUT2D eigenvalue weighted by molar-refractivity contribution is -0.154. The van der Waals surface area contributed by atoms with E-state index in [0.717, 1.165) is 10.0 Å². The number of rotatable bonds is 6. The SMILES string of the molecule is COC(=O)C1(n2cc(-c3c(Cl)cccc3Cl)nn2)CCN(C(=O)c2cc(Cn3cc(Br)cn3)c(C)o2)CC1. The number of halogens is 3. The van der Waals surface area contributed by atoms with E-state index in [4.69, 9.17) is 32.4 Å². The van der Waals surface area contributed by atoms with Gasteiger partial charge in [0, 0.05) is 43.3 Å². The molecule has 198 valence electrons. The number of methoxy groups -OCH3 is 1. The Labute approximate surface area is 236 Å². The summed E-state index contributed by atoms with van der Waals surface area (Å²) in [7, 11) is 1.33. The molecule has 5 rings (SSSR count). The fourth-order valence-electron chi connectivity index (χ4n) is 4.66. The number of carbonyl (C=O) groups excluding carboxylic acids is 2. The summed E-state index contributed by atoms with van der Waals surface area (Å²) in [6, 6.07) is 6.89. The number of aromatic nitrogens is 5. The molecule has 0 unspecified atom stereocenters. The summed E-state index contributed by atoms with van der Waals surface area (Å²) in [5, 5.41) is 13.6. The zero-order valence-corrected chi connectivity index (χ0v) is 23.6. The minimum atomic E-state index is -1.14. The van der Waals surface area contributed by atoms with Crippen molar-refractivity contribution >= 4 is 51.0 Å². The summed E-state index contributed by atoms with van der Waals surface area (Å²) in [6.45, 7) is 2.87. The molecule has 1 fully saturated rings. The molecular formula is C25H23BrCl2N6O4. The van der Waals surface area contributed by atoms with Crippen LogP contribution in [0.1, 0.15) is 34.7 Å². The van der Waals surface area contributed by atoms with E-state index >= 15 is 0 Å². The number of hydrogen-bond donors (Lipinski definition) is 0. The van der Waals surface area contributed by atoms with Gasteiger partial charge >= 0.3 is 5.97 Å². The number of likely N-dealkylation sites (tertiary alicyclic amines) is 1. The molecule has 1 aromatic carbocycles. The summed E-state index contributed by atoms with van der Waals surface area (Å²) in [5.41, 5.74) is 0.687. The number of carbonyl (C=O) groups is 2. The van der Waals surface area contributed by atoms with E-state index in [1.54, 1.807) is 46.2 Å². The van der Waals surface area contributed by atoms with E-state index in [2.05, 4.69) is 31.3 Å². The van der Waals surface area contributed by atoms with Gasteiger partial charge in [0.2, 0.25) is 0 Å². The van der Waals surface area contributed by atoms with E-state index < -0.39 is 11.5 Å². The quantitative estimate of drug-likeness (QED) is 0.280. The van der Waals surface area contributed by atoms with Crippen LogP contribution in [0.15, 0.2) is 51.7 Å². The molecular weight excluding hydrogens is 599 g/mol. The molecule has 1 saturated heterocycles. The number of nitrogens with zero attached hydrogens (tertiary/aromatic N) is 6. The lowest BCUT2D eigenvalue weighted by Crippen LogP contribution is -2.53. The third-order valence-corrected chi connectivity index (χ3v) is 7.80. The van der Waals surface area contributed by atoms with Gasteiger partial charge < -0.3 is 14.1 Å². The number of esters is 1. The van der Waals surface area contributed by atoms with Crippen molar-refractivity contribution in [1.82, 2.24) is 29.7 Å². The molecule has 3 aromatic heterocycles. The predicted octanol–water partition coefficient (Wildman–Crippen LogP) is 4.97. The third kappa shape index (κ3) is 4.85. The number of ether oxygens (including phenoxy) is 1. The van der Waals surface area contributed by atoms with E-state index in [0.29, 0.717) is 33.6 Å². The number of benzene rings is 1. The highest BCUT2D eigenvalue weighted by Gasteiger charge is 2.46.